The number of piperazine rings is 1. The van der Waals surface area contributed by atoms with Crippen molar-refractivity contribution < 1.29 is 14.3 Å². The molecule has 1 spiro atoms. The molecule has 1 aliphatic carbocycles. The Morgan fingerprint density at radius 2 is 1.85 bits per heavy atom. The zero-order chi connectivity index (χ0) is 18.7. The molecule has 148 valence electrons. The van der Waals surface area contributed by atoms with Crippen LogP contribution in [0.5, 0.6) is 5.75 Å². The van der Waals surface area contributed by atoms with E-state index in [4.69, 9.17) is 9.47 Å². The SMILES string of the molecule is COc1ccccc1N1CCN(CC[C@@H]2CC3(CCCCC3)C(=O)O2)CC1. The molecule has 0 N–H and O–H groups in total. The van der Waals surface area contributed by atoms with Crippen LogP contribution in [0, 0.1) is 5.41 Å². The molecular weight excluding hydrogens is 340 g/mol. The Morgan fingerprint density at radius 3 is 2.59 bits per heavy atom. The van der Waals surface area contributed by atoms with Gasteiger partial charge < -0.3 is 14.4 Å². The van der Waals surface area contributed by atoms with Gasteiger partial charge in [-0.05, 0) is 31.4 Å². The second kappa shape index (κ2) is 8.09. The first-order chi connectivity index (χ1) is 13.2. The van der Waals surface area contributed by atoms with E-state index in [-0.39, 0.29) is 17.5 Å². The number of carbonyl (C=O) groups excluding carboxylic acids is 1. The number of cyclic esters (lactones) is 1. The third-order valence-corrected chi connectivity index (χ3v) is 6.70. The first-order valence-corrected chi connectivity index (χ1v) is 10.5. The van der Waals surface area contributed by atoms with Gasteiger partial charge in [-0.2, -0.15) is 0 Å². The quantitative estimate of drug-likeness (QED) is 0.741. The van der Waals surface area contributed by atoms with Crippen LogP contribution >= 0.6 is 0 Å². The summed E-state index contributed by atoms with van der Waals surface area (Å²) in [5.74, 6) is 1.04. The van der Waals surface area contributed by atoms with E-state index in [0.717, 1.165) is 64.2 Å². The van der Waals surface area contributed by atoms with Crippen LogP contribution in [0.25, 0.3) is 0 Å². The zero-order valence-corrected chi connectivity index (χ0v) is 16.5. The predicted molar refractivity (Wildman–Crippen MR) is 106 cm³/mol. The maximum Gasteiger partial charge on any atom is 0.312 e. The van der Waals surface area contributed by atoms with Crippen LogP contribution in [0.1, 0.15) is 44.9 Å². The average molecular weight is 373 g/mol. The Balaban J connectivity index is 1.25. The molecule has 27 heavy (non-hydrogen) atoms. The first kappa shape index (κ1) is 18.6. The third-order valence-electron chi connectivity index (χ3n) is 6.70. The van der Waals surface area contributed by atoms with Crippen molar-refractivity contribution in [1.29, 1.82) is 0 Å². The van der Waals surface area contributed by atoms with Gasteiger partial charge in [0.25, 0.3) is 0 Å². The van der Waals surface area contributed by atoms with Gasteiger partial charge >= 0.3 is 5.97 Å². The summed E-state index contributed by atoms with van der Waals surface area (Å²) in [6, 6.07) is 8.24. The molecule has 0 radical (unpaired) electrons. The largest absolute Gasteiger partial charge is 0.495 e. The Labute approximate surface area is 162 Å². The molecule has 2 heterocycles. The minimum atomic E-state index is -0.133. The van der Waals surface area contributed by atoms with Gasteiger partial charge in [0, 0.05) is 39.1 Å². The fraction of sp³-hybridized carbons (Fsp3) is 0.682. The predicted octanol–water partition coefficient (Wildman–Crippen LogP) is 3.47. The monoisotopic (exact) mass is 372 g/mol. The topological polar surface area (TPSA) is 42.0 Å². The van der Waals surface area contributed by atoms with E-state index in [9.17, 15) is 4.79 Å². The maximum atomic E-state index is 12.4. The molecule has 0 bridgehead atoms. The zero-order valence-electron chi connectivity index (χ0n) is 16.5. The Morgan fingerprint density at radius 1 is 1.11 bits per heavy atom. The van der Waals surface area contributed by atoms with E-state index >= 15 is 0 Å². The van der Waals surface area contributed by atoms with Crippen molar-refractivity contribution in [2.45, 2.75) is 51.0 Å². The van der Waals surface area contributed by atoms with E-state index in [1.165, 1.54) is 24.9 Å². The molecule has 0 aromatic heterocycles. The molecule has 4 rings (SSSR count). The molecular formula is C22H32N2O3. The first-order valence-electron chi connectivity index (χ1n) is 10.5. The van der Waals surface area contributed by atoms with Crippen molar-refractivity contribution >= 4 is 11.7 Å². The number of nitrogens with zero attached hydrogens (tertiary/aromatic N) is 2. The van der Waals surface area contributed by atoms with Crippen LogP contribution in [-0.4, -0.2) is 56.8 Å². The lowest BCUT2D eigenvalue weighted by atomic mass is 9.72. The fourth-order valence-electron chi connectivity index (χ4n) is 5.06. The minimum absolute atomic E-state index is 0.0909. The van der Waals surface area contributed by atoms with Crippen molar-refractivity contribution in [1.82, 2.24) is 4.90 Å². The highest BCUT2D eigenvalue weighted by Gasteiger charge is 2.48. The van der Waals surface area contributed by atoms with Gasteiger partial charge in [-0.25, -0.2) is 0 Å². The third kappa shape index (κ3) is 3.93. The molecule has 1 aromatic carbocycles. The molecule has 1 atom stereocenters. The smallest absolute Gasteiger partial charge is 0.312 e. The molecule has 1 aromatic rings. The summed E-state index contributed by atoms with van der Waals surface area (Å²) >= 11 is 0. The number of esters is 1. The highest BCUT2D eigenvalue weighted by Crippen LogP contribution is 2.46. The average Bonchev–Trinajstić information content (AvgIpc) is 3.02. The summed E-state index contributed by atoms with van der Waals surface area (Å²) < 4.78 is 11.3. The Hall–Kier alpha value is -1.75. The van der Waals surface area contributed by atoms with Crippen LogP contribution in [-0.2, 0) is 9.53 Å². The normalized spacial score (nSPS) is 25.6. The summed E-state index contributed by atoms with van der Waals surface area (Å²) in [5, 5.41) is 0. The summed E-state index contributed by atoms with van der Waals surface area (Å²) in [7, 11) is 1.73. The molecule has 1 saturated carbocycles. The number of hydrogen-bond acceptors (Lipinski definition) is 5. The number of rotatable bonds is 5. The van der Waals surface area contributed by atoms with Gasteiger partial charge in [-0.15, -0.1) is 0 Å². The van der Waals surface area contributed by atoms with Crippen LogP contribution in [0.2, 0.25) is 0 Å². The highest BCUT2D eigenvalue weighted by atomic mass is 16.6. The van der Waals surface area contributed by atoms with Crippen molar-refractivity contribution in [2.24, 2.45) is 5.41 Å². The van der Waals surface area contributed by atoms with Gasteiger partial charge in [0.15, 0.2) is 0 Å². The Kier molecular flexibility index (Phi) is 5.58. The lowest BCUT2D eigenvalue weighted by Gasteiger charge is -2.36. The van der Waals surface area contributed by atoms with Gasteiger partial charge in [0.05, 0.1) is 18.2 Å². The molecule has 5 heteroatoms. The molecule has 0 unspecified atom stereocenters. The van der Waals surface area contributed by atoms with E-state index in [0.29, 0.717) is 0 Å². The lowest BCUT2D eigenvalue weighted by molar-refractivity contribution is -0.150. The number of anilines is 1. The standard InChI is InChI=1S/C22H32N2O3/c1-26-20-8-4-3-7-19(20)24-15-13-23(14-16-24)12-9-18-17-22(21(25)27-18)10-5-2-6-11-22/h3-4,7-8,18H,2,5-6,9-17H2,1H3/t18-/m1/s1. The molecule has 2 saturated heterocycles. The number of ether oxygens (including phenoxy) is 2. The molecule has 2 aliphatic heterocycles. The fourth-order valence-corrected chi connectivity index (χ4v) is 5.06. The highest BCUT2D eigenvalue weighted by molar-refractivity contribution is 5.79. The van der Waals surface area contributed by atoms with E-state index in [1.54, 1.807) is 7.11 Å². The number of carbonyl (C=O) groups is 1. The van der Waals surface area contributed by atoms with Crippen molar-refractivity contribution in [3.63, 3.8) is 0 Å². The number of benzene rings is 1. The molecule has 5 nitrogen and oxygen atoms in total. The maximum absolute atomic E-state index is 12.4. The van der Waals surface area contributed by atoms with Gasteiger partial charge in [0.1, 0.15) is 11.9 Å². The minimum Gasteiger partial charge on any atom is -0.495 e. The van der Waals surface area contributed by atoms with Crippen LogP contribution in [0.4, 0.5) is 5.69 Å². The van der Waals surface area contributed by atoms with Crippen molar-refractivity contribution in [3.05, 3.63) is 24.3 Å². The lowest BCUT2D eigenvalue weighted by Crippen LogP contribution is -2.47. The van der Waals surface area contributed by atoms with Crippen LogP contribution in [0.3, 0.4) is 0 Å². The molecule has 3 fully saturated rings. The molecule has 3 aliphatic rings. The van der Waals surface area contributed by atoms with Crippen molar-refractivity contribution in [2.75, 3.05) is 44.7 Å². The van der Waals surface area contributed by atoms with E-state index in [1.807, 2.05) is 12.1 Å². The number of hydrogen-bond donors (Lipinski definition) is 0. The summed E-state index contributed by atoms with van der Waals surface area (Å²) in [4.78, 5) is 17.3. The summed E-state index contributed by atoms with van der Waals surface area (Å²) in [5.41, 5.74) is 1.05. The van der Waals surface area contributed by atoms with E-state index in [2.05, 4.69) is 21.9 Å². The molecule has 0 amide bonds. The van der Waals surface area contributed by atoms with Crippen LogP contribution < -0.4 is 9.64 Å². The van der Waals surface area contributed by atoms with E-state index < -0.39 is 0 Å². The number of methoxy groups -OCH3 is 1. The number of para-hydroxylation sites is 2. The van der Waals surface area contributed by atoms with Gasteiger partial charge in [-0.3, -0.25) is 9.69 Å². The van der Waals surface area contributed by atoms with Crippen LogP contribution in [0.15, 0.2) is 24.3 Å². The second-order valence-electron chi connectivity index (χ2n) is 8.36. The Bertz CT molecular complexity index is 649. The van der Waals surface area contributed by atoms with Gasteiger partial charge in [0.2, 0.25) is 0 Å². The van der Waals surface area contributed by atoms with Crippen molar-refractivity contribution in [3.8, 4) is 5.75 Å². The second-order valence-corrected chi connectivity index (χ2v) is 8.36. The van der Waals surface area contributed by atoms with Gasteiger partial charge in [-0.1, -0.05) is 31.4 Å². The summed E-state index contributed by atoms with van der Waals surface area (Å²) in [6.45, 7) is 5.13. The summed E-state index contributed by atoms with van der Waals surface area (Å²) in [6.07, 6.45) is 7.79.